The van der Waals surface area contributed by atoms with Crippen molar-refractivity contribution in [3.8, 4) is 0 Å². The Morgan fingerprint density at radius 1 is 1.53 bits per heavy atom. The summed E-state index contributed by atoms with van der Waals surface area (Å²) in [7, 11) is 0. The minimum Gasteiger partial charge on any atom is -0.396 e. The van der Waals surface area contributed by atoms with Gasteiger partial charge in [0.25, 0.3) is 0 Å². The van der Waals surface area contributed by atoms with Crippen molar-refractivity contribution in [2.75, 3.05) is 12.4 Å². The minimum atomic E-state index is 0.0298. The molecular formula is C13H22N2O3S. The first-order chi connectivity index (χ1) is 9.04. The van der Waals surface area contributed by atoms with Gasteiger partial charge in [-0.2, -0.15) is 0 Å². The zero-order valence-corrected chi connectivity index (χ0v) is 12.5. The van der Waals surface area contributed by atoms with Crippen molar-refractivity contribution in [1.29, 1.82) is 0 Å². The number of aromatic nitrogens is 1. The van der Waals surface area contributed by atoms with Crippen molar-refractivity contribution in [2.24, 2.45) is 0 Å². The minimum absolute atomic E-state index is 0.0298. The van der Waals surface area contributed by atoms with E-state index in [1.807, 2.05) is 20.8 Å². The van der Waals surface area contributed by atoms with Crippen LogP contribution in [0.3, 0.4) is 0 Å². The Labute approximate surface area is 118 Å². The zero-order chi connectivity index (χ0) is 14.3. The number of aliphatic hydroxyl groups excluding tert-OH is 1. The number of hydrogen-bond acceptors (Lipinski definition) is 5. The molecule has 0 bridgehead atoms. The van der Waals surface area contributed by atoms with Gasteiger partial charge in [-0.1, -0.05) is 5.16 Å². The lowest BCUT2D eigenvalue weighted by molar-refractivity contribution is -0.119. The number of nitrogens with zero attached hydrogens (tertiary/aromatic N) is 1. The standard InChI is InChI=1S/C13H22N2O3S/c1-9(5-4-6-16)14-13(17)8-19-7-12-10(2)15-18-11(12)3/h9,16H,4-8H2,1-3H3,(H,14,17). The van der Waals surface area contributed by atoms with Crippen molar-refractivity contribution >= 4 is 17.7 Å². The van der Waals surface area contributed by atoms with Crippen molar-refractivity contribution in [3.05, 3.63) is 17.0 Å². The highest BCUT2D eigenvalue weighted by Gasteiger charge is 2.11. The van der Waals surface area contributed by atoms with Crippen molar-refractivity contribution in [3.63, 3.8) is 0 Å². The van der Waals surface area contributed by atoms with E-state index in [0.717, 1.165) is 29.2 Å². The third-order valence-electron chi connectivity index (χ3n) is 2.86. The molecule has 1 atom stereocenters. The second-order valence-corrected chi connectivity index (χ2v) is 5.62. The number of rotatable bonds is 8. The molecular weight excluding hydrogens is 264 g/mol. The Hall–Kier alpha value is -1.01. The summed E-state index contributed by atoms with van der Waals surface area (Å²) < 4.78 is 5.07. The van der Waals surface area contributed by atoms with Crippen molar-refractivity contribution < 1.29 is 14.4 Å². The number of nitrogens with one attached hydrogen (secondary N) is 1. The number of aliphatic hydroxyl groups is 1. The largest absolute Gasteiger partial charge is 0.396 e. The predicted molar refractivity (Wildman–Crippen MR) is 76.1 cm³/mol. The Morgan fingerprint density at radius 2 is 2.26 bits per heavy atom. The van der Waals surface area contributed by atoms with Crippen molar-refractivity contribution in [1.82, 2.24) is 10.5 Å². The topological polar surface area (TPSA) is 75.4 Å². The molecule has 6 heteroatoms. The third kappa shape index (κ3) is 5.65. The van der Waals surface area contributed by atoms with E-state index in [1.54, 1.807) is 11.8 Å². The fourth-order valence-corrected chi connectivity index (χ4v) is 2.73. The van der Waals surface area contributed by atoms with E-state index in [9.17, 15) is 4.79 Å². The molecule has 0 aliphatic carbocycles. The Kier molecular flexibility index (Phi) is 6.94. The number of thioether (sulfide) groups is 1. The van der Waals surface area contributed by atoms with Gasteiger partial charge in [0.2, 0.25) is 5.91 Å². The van der Waals surface area contributed by atoms with Crippen LogP contribution < -0.4 is 5.32 Å². The Bertz CT molecular complexity index is 387. The zero-order valence-electron chi connectivity index (χ0n) is 11.7. The fraction of sp³-hybridized carbons (Fsp3) is 0.692. The lowest BCUT2D eigenvalue weighted by atomic mass is 10.2. The number of hydrogen-bond donors (Lipinski definition) is 2. The van der Waals surface area contributed by atoms with E-state index < -0.39 is 0 Å². The highest BCUT2D eigenvalue weighted by Crippen LogP contribution is 2.19. The number of carbonyl (C=O) groups excluding carboxylic acids is 1. The molecule has 0 spiro atoms. The first kappa shape index (κ1) is 16.0. The highest BCUT2D eigenvalue weighted by atomic mass is 32.2. The molecule has 5 nitrogen and oxygen atoms in total. The normalized spacial score (nSPS) is 12.4. The average Bonchev–Trinajstić information content (AvgIpc) is 2.67. The van der Waals surface area contributed by atoms with Gasteiger partial charge in [0, 0.05) is 24.0 Å². The van der Waals surface area contributed by atoms with Gasteiger partial charge in [0.15, 0.2) is 0 Å². The van der Waals surface area contributed by atoms with E-state index >= 15 is 0 Å². The summed E-state index contributed by atoms with van der Waals surface area (Å²) in [6.07, 6.45) is 1.52. The molecule has 2 N–H and O–H groups in total. The lowest BCUT2D eigenvalue weighted by Crippen LogP contribution is -2.33. The van der Waals surface area contributed by atoms with E-state index in [0.29, 0.717) is 12.2 Å². The van der Waals surface area contributed by atoms with Crippen LogP contribution in [-0.2, 0) is 10.5 Å². The van der Waals surface area contributed by atoms with E-state index in [1.165, 1.54) is 0 Å². The maximum Gasteiger partial charge on any atom is 0.230 e. The molecule has 0 aliphatic heterocycles. The maximum absolute atomic E-state index is 11.7. The first-order valence-corrected chi connectivity index (χ1v) is 7.59. The van der Waals surface area contributed by atoms with Crippen LogP contribution in [0.2, 0.25) is 0 Å². The van der Waals surface area contributed by atoms with Crippen LogP contribution in [-0.4, -0.2) is 34.6 Å². The summed E-state index contributed by atoms with van der Waals surface area (Å²) >= 11 is 1.55. The molecule has 1 unspecified atom stereocenters. The summed E-state index contributed by atoms with van der Waals surface area (Å²) in [6.45, 7) is 5.91. The molecule has 108 valence electrons. The molecule has 0 fully saturated rings. The number of aryl methyl sites for hydroxylation is 2. The number of amides is 1. The SMILES string of the molecule is Cc1noc(C)c1CSCC(=O)NC(C)CCCO. The molecule has 1 aromatic rings. The lowest BCUT2D eigenvalue weighted by Gasteiger charge is -2.12. The van der Waals surface area contributed by atoms with Crippen LogP contribution in [0.4, 0.5) is 0 Å². The maximum atomic E-state index is 11.7. The quantitative estimate of drug-likeness (QED) is 0.762. The Morgan fingerprint density at radius 3 is 2.84 bits per heavy atom. The van der Waals surface area contributed by atoms with Crippen LogP contribution in [0.1, 0.15) is 36.8 Å². The summed E-state index contributed by atoms with van der Waals surface area (Å²) in [6, 6.07) is 0.110. The summed E-state index contributed by atoms with van der Waals surface area (Å²) in [5, 5.41) is 15.5. The summed E-state index contributed by atoms with van der Waals surface area (Å²) in [5.41, 5.74) is 1.97. The highest BCUT2D eigenvalue weighted by molar-refractivity contribution is 7.99. The van der Waals surface area contributed by atoms with Gasteiger partial charge in [0.1, 0.15) is 5.76 Å². The second-order valence-electron chi connectivity index (χ2n) is 4.63. The molecule has 1 heterocycles. The van der Waals surface area contributed by atoms with Gasteiger partial charge in [-0.25, -0.2) is 0 Å². The molecule has 1 amide bonds. The fourth-order valence-electron chi connectivity index (χ4n) is 1.74. The monoisotopic (exact) mass is 286 g/mol. The van der Waals surface area contributed by atoms with Crippen LogP contribution in [0, 0.1) is 13.8 Å². The summed E-state index contributed by atoms with van der Waals surface area (Å²) in [5.74, 6) is 2.01. The van der Waals surface area contributed by atoms with Crippen LogP contribution in [0.5, 0.6) is 0 Å². The van der Waals surface area contributed by atoms with Gasteiger partial charge < -0.3 is 14.9 Å². The molecule has 1 rings (SSSR count). The van der Waals surface area contributed by atoms with Crippen LogP contribution in [0.15, 0.2) is 4.52 Å². The molecule has 0 radical (unpaired) electrons. The summed E-state index contributed by atoms with van der Waals surface area (Å²) in [4.78, 5) is 11.7. The smallest absolute Gasteiger partial charge is 0.230 e. The average molecular weight is 286 g/mol. The van der Waals surface area contributed by atoms with Gasteiger partial charge in [-0.05, 0) is 33.6 Å². The van der Waals surface area contributed by atoms with Crippen LogP contribution >= 0.6 is 11.8 Å². The van der Waals surface area contributed by atoms with Crippen LogP contribution in [0.25, 0.3) is 0 Å². The molecule has 1 aromatic heterocycles. The third-order valence-corrected chi connectivity index (χ3v) is 3.82. The van der Waals surface area contributed by atoms with E-state index in [2.05, 4.69) is 10.5 Å². The van der Waals surface area contributed by atoms with Gasteiger partial charge in [-0.15, -0.1) is 11.8 Å². The van der Waals surface area contributed by atoms with Gasteiger partial charge >= 0.3 is 0 Å². The van der Waals surface area contributed by atoms with E-state index in [4.69, 9.17) is 9.63 Å². The van der Waals surface area contributed by atoms with Gasteiger partial charge in [0.05, 0.1) is 11.4 Å². The molecule has 0 saturated heterocycles. The Balaban J connectivity index is 2.24. The molecule has 0 saturated carbocycles. The second kappa shape index (κ2) is 8.22. The predicted octanol–water partition coefficient (Wildman–Crippen LogP) is 1.80. The molecule has 19 heavy (non-hydrogen) atoms. The molecule has 0 aliphatic rings. The van der Waals surface area contributed by atoms with Gasteiger partial charge in [-0.3, -0.25) is 4.79 Å². The molecule has 0 aromatic carbocycles. The number of carbonyl (C=O) groups is 1. The van der Waals surface area contributed by atoms with E-state index in [-0.39, 0.29) is 18.6 Å². The first-order valence-electron chi connectivity index (χ1n) is 6.44. The van der Waals surface area contributed by atoms with Crippen molar-refractivity contribution in [2.45, 2.75) is 45.4 Å².